The Kier molecular flexibility index (Phi) is 9.98. The Morgan fingerprint density at radius 3 is 2.43 bits per heavy atom. The molecule has 1 heterocycles. The van der Waals surface area contributed by atoms with E-state index in [1.165, 1.54) is 26.4 Å². The van der Waals surface area contributed by atoms with Gasteiger partial charge in [0.1, 0.15) is 6.04 Å². The Morgan fingerprint density at radius 1 is 1.09 bits per heavy atom. The number of aliphatic hydroxyl groups excluding tert-OH is 1. The number of carbonyl (C=O) groups is 3. The summed E-state index contributed by atoms with van der Waals surface area (Å²) in [6.45, 7) is 0.0800. The highest BCUT2D eigenvalue weighted by molar-refractivity contribution is 5.98. The van der Waals surface area contributed by atoms with Crippen molar-refractivity contribution in [2.45, 2.75) is 44.6 Å². The first kappa shape index (κ1) is 26.1. The molecule has 1 aliphatic carbocycles. The first-order valence-electron chi connectivity index (χ1n) is 12.0. The summed E-state index contributed by atoms with van der Waals surface area (Å²) in [6.07, 6.45) is 11.0. The fraction of sp³-hybridized carbons (Fsp3) is 0.407. The van der Waals surface area contributed by atoms with Gasteiger partial charge in [0.05, 0.1) is 20.1 Å². The molecule has 3 rings (SSSR count). The molecule has 2 amide bonds. The minimum atomic E-state index is -1.02. The summed E-state index contributed by atoms with van der Waals surface area (Å²) in [5.41, 5.74) is 2.75. The van der Waals surface area contributed by atoms with Crippen LogP contribution in [0.25, 0.3) is 5.57 Å². The Hall–Kier alpha value is -3.52. The van der Waals surface area contributed by atoms with Crippen molar-refractivity contribution in [3.63, 3.8) is 0 Å². The van der Waals surface area contributed by atoms with E-state index >= 15 is 0 Å². The van der Waals surface area contributed by atoms with Gasteiger partial charge in [-0.2, -0.15) is 0 Å². The predicted octanol–water partition coefficient (Wildman–Crippen LogP) is 2.86. The lowest BCUT2D eigenvalue weighted by Gasteiger charge is -2.23. The minimum Gasteiger partial charge on any atom is -0.469 e. The van der Waals surface area contributed by atoms with Crippen LogP contribution in [-0.4, -0.2) is 54.2 Å². The number of methoxy groups -OCH3 is 1. The van der Waals surface area contributed by atoms with E-state index in [1.807, 2.05) is 6.07 Å². The second kappa shape index (κ2) is 13.4. The van der Waals surface area contributed by atoms with E-state index in [0.717, 1.165) is 29.5 Å². The number of pyridine rings is 1. The topological polar surface area (TPSA) is 118 Å². The quantitative estimate of drug-likeness (QED) is 0.451. The molecular formula is C27H33N3O5. The van der Waals surface area contributed by atoms with Gasteiger partial charge in [-0.05, 0) is 48.1 Å². The number of hydrogen-bond acceptors (Lipinski definition) is 6. The predicted molar refractivity (Wildman–Crippen MR) is 132 cm³/mol. The number of nitrogens with one attached hydrogen (secondary N) is 2. The molecule has 1 fully saturated rings. The van der Waals surface area contributed by atoms with Gasteiger partial charge in [-0.1, -0.05) is 43.5 Å². The van der Waals surface area contributed by atoms with Crippen LogP contribution >= 0.6 is 0 Å². The van der Waals surface area contributed by atoms with Gasteiger partial charge in [-0.25, -0.2) is 0 Å². The Morgan fingerprint density at radius 2 is 1.80 bits per heavy atom. The minimum absolute atomic E-state index is 0.0944. The van der Waals surface area contributed by atoms with Gasteiger partial charge < -0.3 is 20.5 Å². The van der Waals surface area contributed by atoms with Crippen molar-refractivity contribution in [2.24, 2.45) is 5.92 Å². The lowest BCUT2D eigenvalue weighted by atomic mass is 9.89. The smallest absolute Gasteiger partial charge is 0.309 e. The second-order valence-corrected chi connectivity index (χ2v) is 8.67. The number of aliphatic hydroxyl groups is 1. The van der Waals surface area contributed by atoms with Crippen LogP contribution in [0.2, 0.25) is 0 Å². The molecule has 186 valence electrons. The number of rotatable bonds is 10. The molecule has 35 heavy (non-hydrogen) atoms. The fourth-order valence-corrected chi connectivity index (χ4v) is 4.19. The van der Waals surface area contributed by atoms with Crippen LogP contribution in [0.3, 0.4) is 0 Å². The summed E-state index contributed by atoms with van der Waals surface area (Å²) in [6, 6.07) is 9.48. The maximum atomic E-state index is 12.7. The van der Waals surface area contributed by atoms with Crippen LogP contribution in [0.4, 0.5) is 0 Å². The number of hydrogen-bond donors (Lipinski definition) is 3. The van der Waals surface area contributed by atoms with Crippen LogP contribution in [-0.2, 0) is 14.3 Å². The van der Waals surface area contributed by atoms with Gasteiger partial charge in [-0.15, -0.1) is 0 Å². The Labute approximate surface area is 205 Å². The third kappa shape index (κ3) is 7.75. The zero-order valence-corrected chi connectivity index (χ0v) is 20.0. The van der Waals surface area contributed by atoms with Crippen LogP contribution < -0.4 is 10.6 Å². The van der Waals surface area contributed by atoms with Crippen molar-refractivity contribution in [1.82, 2.24) is 15.6 Å². The summed E-state index contributed by atoms with van der Waals surface area (Å²) < 4.78 is 4.74. The summed E-state index contributed by atoms with van der Waals surface area (Å²) >= 11 is 0. The third-order valence-corrected chi connectivity index (χ3v) is 6.23. The largest absolute Gasteiger partial charge is 0.469 e. The zero-order valence-electron chi connectivity index (χ0n) is 20.0. The highest BCUT2D eigenvalue weighted by atomic mass is 16.5. The molecule has 3 N–H and O–H groups in total. The van der Waals surface area contributed by atoms with E-state index in [4.69, 9.17) is 4.74 Å². The van der Waals surface area contributed by atoms with Gasteiger partial charge >= 0.3 is 5.97 Å². The van der Waals surface area contributed by atoms with Crippen molar-refractivity contribution in [3.05, 3.63) is 71.6 Å². The number of carbonyl (C=O) groups excluding carboxylic acids is 3. The summed E-state index contributed by atoms with van der Waals surface area (Å²) in [7, 11) is 1.34. The van der Waals surface area contributed by atoms with Crippen molar-refractivity contribution >= 4 is 23.4 Å². The first-order valence-corrected chi connectivity index (χ1v) is 12.0. The van der Waals surface area contributed by atoms with Crippen molar-refractivity contribution < 1.29 is 24.2 Å². The van der Waals surface area contributed by atoms with Crippen molar-refractivity contribution in [2.75, 3.05) is 20.3 Å². The molecular weight excluding hydrogens is 446 g/mol. The van der Waals surface area contributed by atoms with E-state index in [1.54, 1.807) is 48.8 Å². The molecule has 0 radical (unpaired) electrons. The molecule has 1 aromatic carbocycles. The average molecular weight is 480 g/mol. The molecule has 0 bridgehead atoms. The van der Waals surface area contributed by atoms with Crippen LogP contribution in [0.1, 0.15) is 60.0 Å². The molecule has 1 aliphatic rings. The molecule has 0 aliphatic heterocycles. The van der Waals surface area contributed by atoms with Gasteiger partial charge in [0.25, 0.3) is 5.91 Å². The van der Waals surface area contributed by atoms with E-state index in [2.05, 4.69) is 15.6 Å². The maximum Gasteiger partial charge on any atom is 0.309 e. The maximum absolute atomic E-state index is 12.7. The van der Waals surface area contributed by atoms with Gasteiger partial charge in [0.2, 0.25) is 5.91 Å². The number of esters is 1. The lowest BCUT2D eigenvalue weighted by molar-refractivity contribution is -0.139. The Bertz CT molecular complexity index is 1010. The summed E-state index contributed by atoms with van der Waals surface area (Å²) in [4.78, 5) is 41.0. The fourth-order valence-electron chi connectivity index (χ4n) is 4.19. The number of benzene rings is 1. The standard InChI is InChI=1S/C27H33N3O5/c1-35-25(32)14-13-23(22-8-5-15-28-17-22)20-9-11-21(12-10-20)26(33)30-24(18-31)27(34)29-16-19-6-3-2-4-7-19/h5,8-13,15,17,19,24,31H,2-4,6-7,14,16,18H2,1H3,(H,29,34)(H,30,33). The molecule has 0 saturated heterocycles. The number of aromatic nitrogens is 1. The van der Waals surface area contributed by atoms with Gasteiger partial charge in [-0.3, -0.25) is 19.4 Å². The number of amides is 2. The average Bonchev–Trinajstić information content (AvgIpc) is 2.91. The Balaban J connectivity index is 1.65. The van der Waals surface area contributed by atoms with Crippen molar-refractivity contribution in [3.8, 4) is 0 Å². The summed E-state index contributed by atoms with van der Waals surface area (Å²) in [5, 5.41) is 15.1. The molecule has 1 atom stereocenters. The van der Waals surface area contributed by atoms with E-state index in [0.29, 0.717) is 18.0 Å². The van der Waals surface area contributed by atoms with Gasteiger partial charge in [0.15, 0.2) is 0 Å². The van der Waals surface area contributed by atoms with Crippen LogP contribution in [0, 0.1) is 5.92 Å². The normalized spacial score (nSPS) is 15.2. The molecule has 2 aromatic rings. The molecule has 8 heteroatoms. The van der Waals surface area contributed by atoms with Crippen LogP contribution in [0.15, 0.2) is 54.9 Å². The highest BCUT2D eigenvalue weighted by Crippen LogP contribution is 2.24. The van der Waals surface area contributed by atoms with Gasteiger partial charge in [0, 0.05) is 30.1 Å². The van der Waals surface area contributed by atoms with E-state index in [-0.39, 0.29) is 18.3 Å². The molecule has 1 unspecified atom stereocenters. The highest BCUT2D eigenvalue weighted by Gasteiger charge is 2.22. The molecule has 8 nitrogen and oxygen atoms in total. The first-order chi connectivity index (χ1) is 17.0. The van der Waals surface area contributed by atoms with Crippen molar-refractivity contribution in [1.29, 1.82) is 0 Å². The lowest BCUT2D eigenvalue weighted by Crippen LogP contribution is -2.49. The molecule has 1 saturated carbocycles. The van der Waals surface area contributed by atoms with E-state index in [9.17, 15) is 19.5 Å². The van der Waals surface area contributed by atoms with Crippen LogP contribution in [0.5, 0.6) is 0 Å². The molecule has 1 aromatic heterocycles. The summed E-state index contributed by atoms with van der Waals surface area (Å²) in [5.74, 6) is -0.742. The SMILES string of the molecule is COC(=O)CC=C(c1ccc(C(=O)NC(CO)C(=O)NCC2CCCCC2)cc1)c1cccnc1. The van der Waals surface area contributed by atoms with E-state index < -0.39 is 18.6 Å². The second-order valence-electron chi connectivity index (χ2n) is 8.67. The number of nitrogens with zero attached hydrogens (tertiary/aromatic N) is 1. The number of ether oxygens (including phenoxy) is 1. The zero-order chi connectivity index (χ0) is 25.0. The third-order valence-electron chi connectivity index (χ3n) is 6.23. The monoisotopic (exact) mass is 479 g/mol. The molecule has 0 spiro atoms.